The van der Waals surface area contributed by atoms with Crippen molar-refractivity contribution in [3.05, 3.63) is 35.9 Å². The van der Waals surface area contributed by atoms with Gasteiger partial charge in [-0.3, -0.25) is 4.18 Å². The van der Waals surface area contributed by atoms with E-state index in [1.807, 2.05) is 30.3 Å². The Bertz CT molecular complexity index is 433. The van der Waals surface area contributed by atoms with Gasteiger partial charge in [0.15, 0.2) is 0 Å². The molecule has 2 rings (SSSR count). The van der Waals surface area contributed by atoms with E-state index in [9.17, 15) is 9.00 Å². The molecule has 1 aromatic rings. The van der Waals surface area contributed by atoms with Crippen molar-refractivity contribution in [2.45, 2.75) is 19.1 Å². The molecule has 92 valence electrons. The predicted octanol–water partition coefficient (Wildman–Crippen LogP) is 1.11. The molecule has 5 nitrogen and oxygen atoms in total. The summed E-state index contributed by atoms with van der Waals surface area (Å²) in [5, 5.41) is 0. The summed E-state index contributed by atoms with van der Waals surface area (Å²) in [6.07, 6.45) is 0. The van der Waals surface area contributed by atoms with Gasteiger partial charge in [-0.15, -0.1) is 0 Å². The maximum absolute atomic E-state index is 11.7. The molecule has 0 saturated carbocycles. The van der Waals surface area contributed by atoms with E-state index >= 15 is 0 Å². The number of rotatable bonds is 3. The number of esters is 1. The van der Waals surface area contributed by atoms with Gasteiger partial charge in [0.2, 0.25) is 5.60 Å². The van der Waals surface area contributed by atoms with Crippen LogP contribution in [0.2, 0.25) is 0 Å². The third kappa shape index (κ3) is 2.91. The fraction of sp³-hybridized carbons (Fsp3) is 0.364. The summed E-state index contributed by atoms with van der Waals surface area (Å²) in [6.45, 7) is 1.59. The van der Waals surface area contributed by atoms with Gasteiger partial charge in [-0.05, 0) is 12.5 Å². The van der Waals surface area contributed by atoms with E-state index in [0.29, 0.717) is 0 Å². The van der Waals surface area contributed by atoms with Crippen LogP contribution in [-0.2, 0) is 35.9 Å². The van der Waals surface area contributed by atoms with Crippen molar-refractivity contribution in [3.8, 4) is 0 Å². The zero-order valence-electron chi connectivity index (χ0n) is 9.25. The SMILES string of the molecule is C[C@]1(C(=O)OCc2ccccc2)COS(=O)O1. The normalized spacial score (nSPS) is 27.9. The molecule has 1 fully saturated rings. The van der Waals surface area contributed by atoms with Crippen LogP contribution in [0.25, 0.3) is 0 Å². The lowest BCUT2D eigenvalue weighted by atomic mass is 10.1. The summed E-state index contributed by atoms with van der Waals surface area (Å²) in [5.41, 5.74) is -0.399. The molecule has 1 unspecified atom stereocenters. The molecule has 1 heterocycles. The Kier molecular flexibility index (Phi) is 3.56. The van der Waals surface area contributed by atoms with E-state index in [2.05, 4.69) is 0 Å². The average molecular weight is 256 g/mol. The van der Waals surface area contributed by atoms with Crippen molar-refractivity contribution >= 4 is 17.3 Å². The zero-order valence-corrected chi connectivity index (χ0v) is 10.1. The molecule has 1 saturated heterocycles. The second-order valence-electron chi connectivity index (χ2n) is 3.84. The van der Waals surface area contributed by atoms with E-state index in [4.69, 9.17) is 13.1 Å². The largest absolute Gasteiger partial charge is 0.459 e. The summed E-state index contributed by atoms with van der Waals surface area (Å²) in [7, 11) is 0. The molecule has 0 aliphatic carbocycles. The number of carbonyl (C=O) groups is 1. The second kappa shape index (κ2) is 4.95. The van der Waals surface area contributed by atoms with Gasteiger partial charge in [-0.1, -0.05) is 30.3 Å². The molecule has 0 bridgehead atoms. The van der Waals surface area contributed by atoms with Crippen LogP contribution in [0.1, 0.15) is 12.5 Å². The van der Waals surface area contributed by atoms with Crippen LogP contribution in [0.4, 0.5) is 0 Å². The molecule has 0 amide bonds. The molecule has 17 heavy (non-hydrogen) atoms. The van der Waals surface area contributed by atoms with Crippen molar-refractivity contribution in [1.82, 2.24) is 0 Å². The van der Waals surface area contributed by atoms with E-state index in [-0.39, 0.29) is 13.2 Å². The van der Waals surface area contributed by atoms with Crippen LogP contribution in [0.3, 0.4) is 0 Å². The topological polar surface area (TPSA) is 61.8 Å². The Balaban J connectivity index is 1.92. The monoisotopic (exact) mass is 256 g/mol. The van der Waals surface area contributed by atoms with Crippen LogP contribution >= 0.6 is 0 Å². The Labute approximate surface area is 102 Å². The van der Waals surface area contributed by atoms with Crippen LogP contribution < -0.4 is 0 Å². The van der Waals surface area contributed by atoms with Crippen LogP contribution in [-0.4, -0.2) is 22.4 Å². The molecule has 0 radical (unpaired) electrons. The number of hydrogen-bond acceptors (Lipinski definition) is 5. The number of benzene rings is 1. The van der Waals surface area contributed by atoms with Crippen molar-refractivity contribution in [3.63, 3.8) is 0 Å². The van der Waals surface area contributed by atoms with Crippen LogP contribution in [0.5, 0.6) is 0 Å². The molecule has 0 N–H and O–H groups in total. The number of carbonyl (C=O) groups excluding carboxylic acids is 1. The highest BCUT2D eigenvalue weighted by molar-refractivity contribution is 7.75. The maximum atomic E-state index is 11.7. The highest BCUT2D eigenvalue weighted by Gasteiger charge is 2.45. The highest BCUT2D eigenvalue weighted by Crippen LogP contribution is 2.23. The molecule has 1 aliphatic heterocycles. The molecule has 2 atom stereocenters. The molecular weight excluding hydrogens is 244 g/mol. The lowest BCUT2D eigenvalue weighted by Gasteiger charge is -2.17. The Morgan fingerprint density at radius 1 is 1.47 bits per heavy atom. The van der Waals surface area contributed by atoms with Gasteiger partial charge < -0.3 is 4.74 Å². The third-order valence-corrected chi connectivity index (χ3v) is 3.14. The lowest BCUT2D eigenvalue weighted by Crippen LogP contribution is -2.39. The average Bonchev–Trinajstić information content (AvgIpc) is 2.69. The van der Waals surface area contributed by atoms with E-state index < -0.39 is 22.9 Å². The quantitative estimate of drug-likeness (QED) is 0.758. The summed E-state index contributed by atoms with van der Waals surface area (Å²) < 4.78 is 25.5. The molecule has 6 heteroatoms. The van der Waals surface area contributed by atoms with Gasteiger partial charge in [-0.25, -0.2) is 8.98 Å². The minimum atomic E-state index is -1.86. The van der Waals surface area contributed by atoms with E-state index in [0.717, 1.165) is 5.56 Å². The third-order valence-electron chi connectivity index (χ3n) is 2.33. The first kappa shape index (κ1) is 12.2. The molecule has 0 spiro atoms. The van der Waals surface area contributed by atoms with Crippen molar-refractivity contribution in [2.24, 2.45) is 0 Å². The first-order chi connectivity index (χ1) is 8.10. The smallest absolute Gasteiger partial charge is 0.342 e. The summed E-state index contributed by atoms with van der Waals surface area (Å²) in [4.78, 5) is 11.7. The van der Waals surface area contributed by atoms with Gasteiger partial charge in [0, 0.05) is 0 Å². The van der Waals surface area contributed by atoms with Gasteiger partial charge >= 0.3 is 17.3 Å². The van der Waals surface area contributed by atoms with E-state index in [1.54, 1.807) is 0 Å². The Morgan fingerprint density at radius 2 is 2.18 bits per heavy atom. The second-order valence-corrected chi connectivity index (χ2v) is 4.65. The van der Waals surface area contributed by atoms with Gasteiger partial charge in [0.05, 0.1) is 0 Å². The minimum Gasteiger partial charge on any atom is -0.459 e. The van der Waals surface area contributed by atoms with E-state index in [1.165, 1.54) is 6.92 Å². The Morgan fingerprint density at radius 3 is 2.76 bits per heavy atom. The summed E-state index contributed by atoms with van der Waals surface area (Å²) >= 11 is -1.86. The first-order valence-corrected chi connectivity index (χ1v) is 6.06. The van der Waals surface area contributed by atoms with Crippen molar-refractivity contribution in [1.29, 1.82) is 0 Å². The fourth-order valence-electron chi connectivity index (χ4n) is 1.33. The number of ether oxygens (including phenoxy) is 1. The van der Waals surface area contributed by atoms with Crippen molar-refractivity contribution < 1.29 is 22.1 Å². The van der Waals surface area contributed by atoms with Crippen molar-refractivity contribution in [2.75, 3.05) is 6.61 Å². The molecule has 1 aromatic carbocycles. The lowest BCUT2D eigenvalue weighted by molar-refractivity contribution is -0.160. The van der Waals surface area contributed by atoms with Gasteiger partial charge in [-0.2, -0.15) is 4.21 Å². The number of hydrogen-bond donors (Lipinski definition) is 0. The molecule has 1 aliphatic rings. The summed E-state index contributed by atoms with van der Waals surface area (Å²) in [5.74, 6) is -0.577. The van der Waals surface area contributed by atoms with Crippen LogP contribution in [0.15, 0.2) is 30.3 Å². The predicted molar refractivity (Wildman–Crippen MR) is 59.8 cm³/mol. The minimum absolute atomic E-state index is 0.0623. The summed E-state index contributed by atoms with van der Waals surface area (Å²) in [6, 6.07) is 9.29. The maximum Gasteiger partial charge on any atom is 0.342 e. The first-order valence-electron chi connectivity index (χ1n) is 5.06. The van der Waals surface area contributed by atoms with Crippen LogP contribution in [0, 0.1) is 0 Å². The fourth-order valence-corrected chi connectivity index (χ4v) is 2.11. The molecule has 0 aromatic heterocycles. The Hall–Kier alpha value is -1.24. The highest BCUT2D eigenvalue weighted by atomic mass is 32.2. The molecular formula is C11H12O5S. The van der Waals surface area contributed by atoms with Gasteiger partial charge in [0.25, 0.3) is 0 Å². The standard InChI is InChI=1S/C11H12O5S/c1-11(8-15-17(13)16-11)10(12)14-7-9-5-3-2-4-6-9/h2-6H,7-8H2,1H3/t11-,17?/m1/s1. The van der Waals surface area contributed by atoms with Gasteiger partial charge in [0.1, 0.15) is 13.2 Å². The zero-order chi connectivity index (χ0) is 12.3.